The predicted molar refractivity (Wildman–Crippen MR) is 44.1 cm³/mol. The Hall–Kier alpha value is -0.420. The van der Waals surface area contributed by atoms with Crippen LogP contribution >= 0.6 is 15.9 Å². The highest BCUT2D eigenvalue weighted by Gasteiger charge is 2.04. The van der Waals surface area contributed by atoms with Gasteiger partial charge in [0, 0.05) is 6.61 Å². The fourth-order valence-corrected chi connectivity index (χ4v) is 1.02. The predicted octanol–water partition coefficient (Wildman–Crippen LogP) is 1.60. The molecule has 4 nitrogen and oxygen atoms in total. The van der Waals surface area contributed by atoms with Crippen LogP contribution in [0.4, 0.5) is 0 Å². The van der Waals surface area contributed by atoms with Gasteiger partial charge in [-0.25, -0.2) is 9.67 Å². The Morgan fingerprint density at radius 1 is 1.82 bits per heavy atom. The van der Waals surface area contributed by atoms with Gasteiger partial charge in [0.05, 0.1) is 0 Å². The highest BCUT2D eigenvalue weighted by atomic mass is 79.9. The van der Waals surface area contributed by atoms with E-state index in [1.807, 2.05) is 13.8 Å². The molecular weight excluding hydrogens is 210 g/mol. The molecule has 0 bridgehead atoms. The first-order valence-electron chi connectivity index (χ1n) is 3.42. The standard InChI is InChI=1S/C6H10BrN3O/c1-3-11-5(2)10-4-8-6(7)9-10/h4-5H,3H2,1-2H3/t5-/m0/s1. The summed E-state index contributed by atoms with van der Waals surface area (Å²) in [5.74, 6) is 0. The van der Waals surface area contributed by atoms with Gasteiger partial charge >= 0.3 is 0 Å². The molecule has 1 aromatic rings. The summed E-state index contributed by atoms with van der Waals surface area (Å²) in [6, 6.07) is 0. The van der Waals surface area contributed by atoms with Crippen molar-refractivity contribution in [3.63, 3.8) is 0 Å². The maximum absolute atomic E-state index is 5.28. The van der Waals surface area contributed by atoms with E-state index in [4.69, 9.17) is 4.74 Å². The third kappa shape index (κ3) is 2.27. The lowest BCUT2D eigenvalue weighted by Crippen LogP contribution is -2.09. The summed E-state index contributed by atoms with van der Waals surface area (Å²) < 4.78 is 7.53. The van der Waals surface area contributed by atoms with E-state index in [-0.39, 0.29) is 6.23 Å². The molecule has 0 spiro atoms. The zero-order valence-electron chi connectivity index (χ0n) is 6.49. The fourth-order valence-electron chi connectivity index (χ4n) is 0.746. The number of rotatable bonds is 3. The largest absolute Gasteiger partial charge is 0.357 e. The highest BCUT2D eigenvalue weighted by molar-refractivity contribution is 9.10. The molecule has 0 unspecified atom stereocenters. The number of aromatic nitrogens is 3. The summed E-state index contributed by atoms with van der Waals surface area (Å²) in [6.07, 6.45) is 1.59. The molecule has 0 saturated carbocycles. The van der Waals surface area contributed by atoms with Crippen molar-refractivity contribution in [1.82, 2.24) is 14.8 Å². The zero-order chi connectivity index (χ0) is 8.27. The lowest BCUT2D eigenvalue weighted by atomic mass is 10.6. The van der Waals surface area contributed by atoms with Gasteiger partial charge in [0.1, 0.15) is 12.6 Å². The summed E-state index contributed by atoms with van der Waals surface area (Å²) in [5, 5.41) is 4.03. The Kier molecular flexibility index (Phi) is 3.02. The Balaban J connectivity index is 2.60. The zero-order valence-corrected chi connectivity index (χ0v) is 8.08. The molecule has 0 radical (unpaired) electrons. The third-order valence-electron chi connectivity index (χ3n) is 1.26. The molecule has 0 fully saturated rings. The molecule has 1 heterocycles. The van der Waals surface area contributed by atoms with Crippen molar-refractivity contribution in [3.8, 4) is 0 Å². The lowest BCUT2D eigenvalue weighted by molar-refractivity contribution is 0.0155. The average Bonchev–Trinajstić information content (AvgIpc) is 2.36. The van der Waals surface area contributed by atoms with Gasteiger partial charge in [-0.1, -0.05) is 0 Å². The fraction of sp³-hybridized carbons (Fsp3) is 0.667. The summed E-state index contributed by atoms with van der Waals surface area (Å²) >= 11 is 3.15. The summed E-state index contributed by atoms with van der Waals surface area (Å²) in [4.78, 5) is 3.91. The number of halogens is 1. The van der Waals surface area contributed by atoms with Crippen LogP contribution in [0.3, 0.4) is 0 Å². The van der Waals surface area contributed by atoms with Crippen LogP contribution in [-0.2, 0) is 4.74 Å². The van der Waals surface area contributed by atoms with E-state index in [0.717, 1.165) is 0 Å². The summed E-state index contributed by atoms with van der Waals surface area (Å²) in [5.41, 5.74) is 0. The minimum Gasteiger partial charge on any atom is -0.357 e. The van der Waals surface area contributed by atoms with Crippen molar-refractivity contribution < 1.29 is 4.74 Å². The molecular formula is C6H10BrN3O. The van der Waals surface area contributed by atoms with Gasteiger partial charge in [0.15, 0.2) is 0 Å². The molecule has 1 atom stereocenters. The molecule has 11 heavy (non-hydrogen) atoms. The molecule has 62 valence electrons. The molecule has 0 aliphatic heterocycles. The van der Waals surface area contributed by atoms with Crippen LogP contribution in [0.1, 0.15) is 20.1 Å². The van der Waals surface area contributed by atoms with Gasteiger partial charge in [-0.2, -0.15) is 0 Å². The van der Waals surface area contributed by atoms with Crippen molar-refractivity contribution in [1.29, 1.82) is 0 Å². The Morgan fingerprint density at radius 3 is 3.00 bits per heavy atom. The van der Waals surface area contributed by atoms with E-state index in [1.165, 1.54) is 0 Å². The Morgan fingerprint density at radius 2 is 2.55 bits per heavy atom. The third-order valence-corrected chi connectivity index (χ3v) is 1.62. The van der Waals surface area contributed by atoms with Crippen LogP contribution < -0.4 is 0 Å². The quantitative estimate of drug-likeness (QED) is 0.776. The molecule has 1 rings (SSSR count). The second-order valence-electron chi connectivity index (χ2n) is 2.05. The normalized spacial score (nSPS) is 13.4. The molecule has 0 aliphatic carbocycles. The van der Waals surface area contributed by atoms with Crippen LogP contribution in [0.5, 0.6) is 0 Å². The first kappa shape index (κ1) is 8.67. The van der Waals surface area contributed by atoms with Crippen LogP contribution in [-0.4, -0.2) is 21.4 Å². The van der Waals surface area contributed by atoms with Gasteiger partial charge < -0.3 is 4.74 Å². The molecule has 1 aromatic heterocycles. The second-order valence-corrected chi connectivity index (χ2v) is 2.76. The highest BCUT2D eigenvalue weighted by Crippen LogP contribution is 2.07. The molecule has 0 saturated heterocycles. The van der Waals surface area contributed by atoms with Crippen molar-refractivity contribution in [3.05, 3.63) is 11.1 Å². The van der Waals surface area contributed by atoms with Crippen molar-refractivity contribution in [2.24, 2.45) is 0 Å². The molecule has 0 aromatic carbocycles. The number of hydrogen-bond donors (Lipinski definition) is 0. The maximum atomic E-state index is 5.28. The topological polar surface area (TPSA) is 39.9 Å². The number of nitrogens with zero attached hydrogens (tertiary/aromatic N) is 3. The van der Waals surface area contributed by atoms with Crippen LogP contribution in [0, 0.1) is 0 Å². The van der Waals surface area contributed by atoms with Crippen LogP contribution in [0.15, 0.2) is 11.1 Å². The summed E-state index contributed by atoms with van der Waals surface area (Å²) in [7, 11) is 0. The first-order valence-corrected chi connectivity index (χ1v) is 4.21. The van der Waals surface area contributed by atoms with Gasteiger partial charge in [0.25, 0.3) is 0 Å². The van der Waals surface area contributed by atoms with Gasteiger partial charge in [-0.15, -0.1) is 5.10 Å². The number of hydrogen-bond acceptors (Lipinski definition) is 3. The van der Waals surface area contributed by atoms with Gasteiger partial charge in [-0.3, -0.25) is 0 Å². The molecule has 5 heteroatoms. The Labute approximate surface area is 73.7 Å². The van der Waals surface area contributed by atoms with E-state index < -0.39 is 0 Å². The lowest BCUT2D eigenvalue weighted by Gasteiger charge is -2.09. The Bertz CT molecular complexity index is 225. The van der Waals surface area contributed by atoms with E-state index in [9.17, 15) is 0 Å². The summed E-state index contributed by atoms with van der Waals surface area (Å²) in [6.45, 7) is 4.55. The van der Waals surface area contributed by atoms with E-state index in [2.05, 4.69) is 26.0 Å². The minimum absolute atomic E-state index is 0.0428. The monoisotopic (exact) mass is 219 g/mol. The van der Waals surface area contributed by atoms with Crippen molar-refractivity contribution in [2.45, 2.75) is 20.1 Å². The molecule has 0 amide bonds. The van der Waals surface area contributed by atoms with E-state index in [0.29, 0.717) is 11.3 Å². The van der Waals surface area contributed by atoms with Crippen molar-refractivity contribution in [2.75, 3.05) is 6.61 Å². The van der Waals surface area contributed by atoms with Crippen LogP contribution in [0.2, 0.25) is 0 Å². The smallest absolute Gasteiger partial charge is 0.217 e. The molecule has 0 aliphatic rings. The van der Waals surface area contributed by atoms with E-state index in [1.54, 1.807) is 11.0 Å². The first-order chi connectivity index (χ1) is 5.24. The van der Waals surface area contributed by atoms with Crippen LogP contribution in [0.25, 0.3) is 0 Å². The maximum Gasteiger partial charge on any atom is 0.217 e. The minimum atomic E-state index is -0.0428. The average molecular weight is 220 g/mol. The SMILES string of the molecule is CCO[C@@H](C)n1cnc(Br)n1. The van der Waals surface area contributed by atoms with E-state index >= 15 is 0 Å². The van der Waals surface area contributed by atoms with Crippen molar-refractivity contribution >= 4 is 15.9 Å². The second kappa shape index (κ2) is 3.82. The molecule has 0 N–H and O–H groups in total. The number of ether oxygens (including phenoxy) is 1. The van der Waals surface area contributed by atoms with Gasteiger partial charge in [-0.05, 0) is 29.8 Å². The van der Waals surface area contributed by atoms with Gasteiger partial charge in [0.2, 0.25) is 4.73 Å².